The van der Waals surface area contributed by atoms with E-state index >= 15 is 0 Å². The Morgan fingerprint density at radius 3 is 2.57 bits per heavy atom. The van der Waals surface area contributed by atoms with Gasteiger partial charge in [-0.2, -0.15) is 0 Å². The van der Waals surface area contributed by atoms with E-state index in [0.29, 0.717) is 12.6 Å². The first-order valence-electron chi connectivity index (χ1n) is 3.92. The molecule has 1 unspecified atom stereocenters. The standard InChI is InChI=1S/C6H13NO2.HNO3.Y/c8-5-9-4-6-2-1-3-7-6;2-1(3)4;/h6-8H,1-5H2;(H,2,3,4);. The van der Waals surface area contributed by atoms with Gasteiger partial charge in [-0.3, -0.25) is 0 Å². The summed E-state index contributed by atoms with van der Waals surface area (Å²) < 4.78 is 4.81. The molecule has 3 N–H and O–H groups in total. The van der Waals surface area contributed by atoms with Gasteiger partial charge >= 0.3 is 0 Å². The van der Waals surface area contributed by atoms with Crippen LogP contribution in [-0.2, 0) is 37.4 Å². The SMILES string of the molecule is O=[N+]([O-])O.OCOCC1CCCN1.[Y]. The van der Waals surface area contributed by atoms with Crippen LogP contribution in [0.15, 0.2) is 0 Å². The van der Waals surface area contributed by atoms with Crippen molar-refractivity contribution in [3.8, 4) is 0 Å². The van der Waals surface area contributed by atoms with Gasteiger partial charge in [0.15, 0.2) is 0 Å². The van der Waals surface area contributed by atoms with Crippen molar-refractivity contribution in [3.63, 3.8) is 0 Å². The Morgan fingerprint density at radius 1 is 1.64 bits per heavy atom. The van der Waals surface area contributed by atoms with Crippen molar-refractivity contribution in [1.29, 1.82) is 0 Å². The zero-order chi connectivity index (χ0) is 10.1. The topological polar surface area (TPSA) is 105 Å². The van der Waals surface area contributed by atoms with Crippen LogP contribution in [0.1, 0.15) is 12.8 Å². The number of ether oxygens (including phenoxy) is 1. The van der Waals surface area contributed by atoms with Gasteiger partial charge in [0, 0.05) is 38.8 Å². The Labute approximate surface area is 107 Å². The maximum atomic E-state index is 8.36. The Morgan fingerprint density at radius 2 is 2.21 bits per heavy atom. The summed E-state index contributed by atoms with van der Waals surface area (Å²) in [5, 5.41) is 25.2. The van der Waals surface area contributed by atoms with Crippen molar-refractivity contribution in [2.75, 3.05) is 19.9 Å². The van der Waals surface area contributed by atoms with E-state index in [9.17, 15) is 0 Å². The normalized spacial score (nSPS) is 19.1. The first kappa shape index (κ1) is 16.6. The Kier molecular flexibility index (Phi) is 13.4. The second-order valence-corrected chi connectivity index (χ2v) is 2.53. The minimum absolute atomic E-state index is 0. The zero-order valence-electron chi connectivity index (χ0n) is 7.76. The number of nitrogens with zero attached hydrogens (tertiary/aromatic N) is 1. The van der Waals surface area contributed by atoms with Crippen LogP contribution >= 0.6 is 0 Å². The molecule has 0 aliphatic carbocycles. The van der Waals surface area contributed by atoms with Crippen molar-refractivity contribution in [2.24, 2.45) is 0 Å². The van der Waals surface area contributed by atoms with Crippen molar-refractivity contribution >= 4 is 0 Å². The fourth-order valence-corrected chi connectivity index (χ4v) is 1.09. The van der Waals surface area contributed by atoms with Crippen LogP contribution in [0.5, 0.6) is 0 Å². The molecule has 7 nitrogen and oxygen atoms in total. The number of hydrogen-bond acceptors (Lipinski definition) is 5. The van der Waals surface area contributed by atoms with E-state index in [1.165, 1.54) is 12.8 Å². The quantitative estimate of drug-likeness (QED) is 0.361. The molecule has 1 saturated heterocycles. The maximum absolute atomic E-state index is 8.36. The first-order chi connectivity index (χ1) is 6.16. The number of rotatable bonds is 3. The molecule has 1 rings (SSSR count). The van der Waals surface area contributed by atoms with Crippen LogP contribution in [0.2, 0.25) is 0 Å². The van der Waals surface area contributed by atoms with E-state index in [0.717, 1.165) is 6.54 Å². The van der Waals surface area contributed by atoms with E-state index in [2.05, 4.69) is 5.32 Å². The summed E-state index contributed by atoms with van der Waals surface area (Å²) in [5.41, 5.74) is 0. The van der Waals surface area contributed by atoms with Gasteiger partial charge < -0.3 is 20.4 Å². The summed E-state index contributed by atoms with van der Waals surface area (Å²) in [4.78, 5) is 8.36. The number of aliphatic hydroxyl groups is 1. The summed E-state index contributed by atoms with van der Waals surface area (Å²) in [6, 6.07) is 0.483. The average Bonchev–Trinajstić information content (AvgIpc) is 2.51. The third kappa shape index (κ3) is 12.2. The molecular weight excluding hydrogens is 269 g/mol. The Balaban J connectivity index is 0. The van der Waals surface area contributed by atoms with Crippen molar-refractivity contribution < 1.29 is 52.8 Å². The predicted molar refractivity (Wildman–Crippen MR) is 42.8 cm³/mol. The average molecular weight is 283 g/mol. The molecule has 0 saturated carbocycles. The maximum Gasteiger partial charge on any atom is 0.291 e. The van der Waals surface area contributed by atoms with Gasteiger partial charge in [0.2, 0.25) is 0 Å². The molecule has 1 heterocycles. The van der Waals surface area contributed by atoms with Gasteiger partial charge in [0.25, 0.3) is 5.09 Å². The third-order valence-corrected chi connectivity index (χ3v) is 1.57. The smallest absolute Gasteiger partial charge is 0.291 e. The third-order valence-electron chi connectivity index (χ3n) is 1.57. The fraction of sp³-hybridized carbons (Fsp3) is 1.00. The summed E-state index contributed by atoms with van der Waals surface area (Å²) in [6.45, 7) is 1.59. The first-order valence-corrected chi connectivity index (χ1v) is 3.92. The molecule has 1 fully saturated rings. The molecule has 8 heteroatoms. The van der Waals surface area contributed by atoms with Crippen LogP contribution in [0.25, 0.3) is 0 Å². The second kappa shape index (κ2) is 11.3. The monoisotopic (exact) mass is 283 g/mol. The molecule has 0 amide bonds. The Bertz CT molecular complexity index is 138. The van der Waals surface area contributed by atoms with Crippen LogP contribution in [-0.4, -0.2) is 41.4 Å². The van der Waals surface area contributed by atoms with Crippen molar-refractivity contribution in [3.05, 3.63) is 10.1 Å². The van der Waals surface area contributed by atoms with Gasteiger partial charge in [0.1, 0.15) is 6.79 Å². The molecule has 0 bridgehead atoms. The van der Waals surface area contributed by atoms with Gasteiger partial charge in [-0.1, -0.05) is 0 Å². The molecule has 1 aliphatic heterocycles. The van der Waals surface area contributed by atoms with Crippen LogP contribution < -0.4 is 5.32 Å². The van der Waals surface area contributed by atoms with Crippen LogP contribution in [0.4, 0.5) is 0 Å². The summed E-state index contributed by atoms with van der Waals surface area (Å²) in [5.74, 6) is 0. The molecule has 0 aromatic rings. The summed E-state index contributed by atoms with van der Waals surface area (Å²) in [6.07, 6.45) is 2.42. The molecule has 0 aromatic heterocycles. The number of aliphatic hydroxyl groups excluding tert-OH is 1. The molecule has 0 spiro atoms. The number of hydrogen-bond donors (Lipinski definition) is 3. The fourth-order valence-electron chi connectivity index (χ4n) is 1.09. The van der Waals surface area contributed by atoms with Gasteiger partial charge in [0.05, 0.1) is 6.61 Å². The van der Waals surface area contributed by atoms with E-state index in [1.807, 2.05) is 0 Å². The van der Waals surface area contributed by atoms with E-state index in [4.69, 9.17) is 25.2 Å². The summed E-state index contributed by atoms with van der Waals surface area (Å²) in [7, 11) is 0. The van der Waals surface area contributed by atoms with Gasteiger partial charge in [-0.15, -0.1) is 10.1 Å². The largest absolute Gasteiger partial charge is 0.371 e. The van der Waals surface area contributed by atoms with Crippen LogP contribution in [0, 0.1) is 10.1 Å². The minimum atomic E-state index is -1.50. The molecule has 81 valence electrons. The van der Waals surface area contributed by atoms with Gasteiger partial charge in [-0.05, 0) is 19.4 Å². The Hall–Kier alpha value is 0.184. The van der Waals surface area contributed by atoms with Crippen molar-refractivity contribution in [1.82, 2.24) is 5.32 Å². The van der Waals surface area contributed by atoms with E-state index in [-0.39, 0.29) is 39.5 Å². The molecular formula is C6H14N2O5Y. The van der Waals surface area contributed by atoms with Gasteiger partial charge in [-0.25, -0.2) is 0 Å². The second-order valence-electron chi connectivity index (χ2n) is 2.53. The zero-order valence-corrected chi connectivity index (χ0v) is 10.6. The molecule has 14 heavy (non-hydrogen) atoms. The van der Waals surface area contributed by atoms with Crippen molar-refractivity contribution in [2.45, 2.75) is 18.9 Å². The van der Waals surface area contributed by atoms with Crippen LogP contribution in [0.3, 0.4) is 0 Å². The van der Waals surface area contributed by atoms with E-state index < -0.39 is 5.09 Å². The minimum Gasteiger partial charge on any atom is -0.371 e. The molecule has 0 aromatic carbocycles. The molecule has 1 aliphatic rings. The predicted octanol–water partition coefficient (Wildman–Crippen LogP) is -0.645. The number of nitrogens with one attached hydrogen (secondary N) is 1. The van der Waals surface area contributed by atoms with E-state index in [1.54, 1.807) is 0 Å². The molecule has 1 radical (unpaired) electrons. The summed E-state index contributed by atoms with van der Waals surface area (Å²) >= 11 is 0. The molecule has 1 atom stereocenters.